The number of thiazole rings is 1. The van der Waals surface area contributed by atoms with E-state index < -0.39 is 17.3 Å². The van der Waals surface area contributed by atoms with Crippen LogP contribution >= 0.6 is 11.3 Å². The van der Waals surface area contributed by atoms with E-state index in [0.29, 0.717) is 12.2 Å². The molecule has 0 spiro atoms. The van der Waals surface area contributed by atoms with Crippen molar-refractivity contribution in [2.75, 3.05) is 11.1 Å². The van der Waals surface area contributed by atoms with Gasteiger partial charge in [0, 0.05) is 11.1 Å². The largest absolute Gasteiger partial charge is 0.478 e. The van der Waals surface area contributed by atoms with Crippen LogP contribution in [0.25, 0.3) is 0 Å². The summed E-state index contributed by atoms with van der Waals surface area (Å²) in [4.78, 5) is 15.0. The summed E-state index contributed by atoms with van der Waals surface area (Å²) in [5, 5.41) is 14.5. The molecule has 0 saturated carbocycles. The molecule has 4 N–H and O–H groups in total. The van der Waals surface area contributed by atoms with Gasteiger partial charge in [-0.05, 0) is 19.1 Å². The molecular weight excluding hydrogens is 269 g/mol. The number of nitrogens with zero attached hydrogens (tertiary/aromatic N) is 1. The van der Waals surface area contributed by atoms with E-state index in [4.69, 9.17) is 10.8 Å². The van der Waals surface area contributed by atoms with Crippen molar-refractivity contribution in [3.05, 3.63) is 39.6 Å². The Kier molecular flexibility index (Phi) is 3.66. The van der Waals surface area contributed by atoms with Crippen LogP contribution in [0.4, 0.5) is 15.8 Å². The van der Waals surface area contributed by atoms with Crippen LogP contribution in [0.15, 0.2) is 17.5 Å². The number of halogens is 1. The molecule has 0 amide bonds. The number of rotatable bonds is 4. The number of aryl methyl sites for hydroxylation is 1. The van der Waals surface area contributed by atoms with Crippen LogP contribution < -0.4 is 11.1 Å². The highest BCUT2D eigenvalue weighted by atomic mass is 32.1. The average molecular weight is 281 g/mol. The van der Waals surface area contributed by atoms with Gasteiger partial charge in [-0.3, -0.25) is 0 Å². The lowest BCUT2D eigenvalue weighted by atomic mass is 10.1. The fourth-order valence-corrected chi connectivity index (χ4v) is 2.27. The highest BCUT2D eigenvalue weighted by Gasteiger charge is 2.13. The number of carboxylic acids is 1. The fraction of sp³-hybridized carbons (Fsp3) is 0.167. The number of benzene rings is 1. The Morgan fingerprint density at radius 3 is 2.89 bits per heavy atom. The number of aromatic carboxylic acids is 1. The lowest BCUT2D eigenvalue weighted by Crippen LogP contribution is -2.07. The van der Waals surface area contributed by atoms with E-state index in [1.165, 1.54) is 11.3 Å². The number of aromatic nitrogens is 1. The minimum atomic E-state index is -1.34. The highest BCUT2D eigenvalue weighted by Crippen LogP contribution is 2.24. The quantitative estimate of drug-likeness (QED) is 0.749. The average Bonchev–Trinajstić information content (AvgIpc) is 2.75. The Bertz CT molecular complexity index is 627. The monoisotopic (exact) mass is 281 g/mol. The molecule has 1 aromatic carbocycles. The maximum atomic E-state index is 13.5. The molecule has 2 aromatic rings. The van der Waals surface area contributed by atoms with Crippen LogP contribution in [-0.4, -0.2) is 16.1 Å². The molecule has 0 aliphatic carbocycles. The van der Waals surface area contributed by atoms with Crippen molar-refractivity contribution in [3.8, 4) is 0 Å². The van der Waals surface area contributed by atoms with Crippen molar-refractivity contribution in [2.45, 2.75) is 13.5 Å². The zero-order valence-electron chi connectivity index (χ0n) is 10.1. The molecular formula is C12H12FN3O2S. The lowest BCUT2D eigenvalue weighted by Gasteiger charge is -2.09. The Labute approximate surface area is 112 Å². The molecule has 1 aromatic heterocycles. The van der Waals surface area contributed by atoms with Crippen molar-refractivity contribution in [2.24, 2.45) is 0 Å². The SMILES string of the molecule is Cc1csc(CNc2cc(F)c(C(=O)O)cc2N)n1. The number of hydrogen-bond acceptors (Lipinski definition) is 5. The maximum absolute atomic E-state index is 13.5. The van der Waals surface area contributed by atoms with Crippen LogP contribution in [0.1, 0.15) is 21.1 Å². The molecule has 0 aliphatic heterocycles. The summed E-state index contributed by atoms with van der Waals surface area (Å²) in [7, 11) is 0. The van der Waals surface area contributed by atoms with Crippen molar-refractivity contribution in [3.63, 3.8) is 0 Å². The van der Waals surface area contributed by atoms with Gasteiger partial charge in [-0.25, -0.2) is 14.2 Å². The smallest absolute Gasteiger partial charge is 0.338 e. The molecule has 0 radical (unpaired) electrons. The van der Waals surface area contributed by atoms with Crippen molar-refractivity contribution >= 4 is 28.7 Å². The fourth-order valence-electron chi connectivity index (χ4n) is 1.56. The van der Waals surface area contributed by atoms with Crippen molar-refractivity contribution in [1.29, 1.82) is 0 Å². The number of carboxylic acid groups (broad SMARTS) is 1. The summed E-state index contributed by atoms with van der Waals surface area (Å²) < 4.78 is 13.5. The van der Waals surface area contributed by atoms with Gasteiger partial charge in [0.25, 0.3) is 0 Å². The maximum Gasteiger partial charge on any atom is 0.338 e. The third kappa shape index (κ3) is 3.00. The van der Waals surface area contributed by atoms with E-state index in [-0.39, 0.29) is 5.69 Å². The van der Waals surface area contributed by atoms with Crippen LogP contribution in [0.3, 0.4) is 0 Å². The Morgan fingerprint density at radius 1 is 1.58 bits per heavy atom. The Hall–Kier alpha value is -2.15. The molecule has 0 bridgehead atoms. The minimum Gasteiger partial charge on any atom is -0.478 e. The van der Waals surface area contributed by atoms with Gasteiger partial charge in [0.15, 0.2) is 0 Å². The number of nitrogen functional groups attached to an aromatic ring is 1. The molecule has 0 fully saturated rings. The molecule has 0 aliphatic rings. The topological polar surface area (TPSA) is 88.2 Å². The van der Waals surface area contributed by atoms with Gasteiger partial charge >= 0.3 is 5.97 Å². The first-order valence-electron chi connectivity index (χ1n) is 5.44. The predicted octanol–water partition coefficient (Wildman–Crippen LogP) is 2.48. The van der Waals surface area contributed by atoms with Crippen LogP contribution in [0.2, 0.25) is 0 Å². The summed E-state index contributed by atoms with van der Waals surface area (Å²) in [5.41, 5.74) is 6.71. The Morgan fingerprint density at radius 2 is 2.32 bits per heavy atom. The molecule has 0 atom stereocenters. The molecule has 2 rings (SSSR count). The number of anilines is 2. The molecule has 5 nitrogen and oxygen atoms in total. The third-order valence-corrected chi connectivity index (χ3v) is 3.43. The van der Waals surface area contributed by atoms with E-state index in [1.807, 2.05) is 12.3 Å². The molecule has 19 heavy (non-hydrogen) atoms. The standard InChI is InChI=1S/C12H12FN3O2S/c1-6-5-19-11(16-6)4-15-10-3-8(13)7(12(17)18)2-9(10)14/h2-3,5,15H,4,14H2,1H3,(H,17,18). The van der Waals surface area contributed by atoms with Crippen LogP contribution in [0.5, 0.6) is 0 Å². The zero-order chi connectivity index (χ0) is 14.0. The first-order chi connectivity index (χ1) is 8.97. The summed E-state index contributed by atoms with van der Waals surface area (Å²) in [6, 6.07) is 2.19. The van der Waals surface area contributed by atoms with Gasteiger partial charge in [-0.15, -0.1) is 11.3 Å². The summed E-state index contributed by atoms with van der Waals surface area (Å²) in [6.07, 6.45) is 0. The first kappa shape index (κ1) is 13.3. The molecule has 1 heterocycles. The molecule has 7 heteroatoms. The second-order valence-corrected chi connectivity index (χ2v) is 4.90. The predicted molar refractivity (Wildman–Crippen MR) is 71.9 cm³/mol. The van der Waals surface area contributed by atoms with Gasteiger partial charge in [0.05, 0.1) is 23.5 Å². The number of nitrogens with two attached hydrogens (primary N) is 1. The summed E-state index contributed by atoms with van der Waals surface area (Å²) in [6.45, 7) is 2.30. The number of carbonyl (C=O) groups is 1. The van der Waals surface area contributed by atoms with E-state index in [2.05, 4.69) is 10.3 Å². The Balaban J connectivity index is 2.17. The summed E-state index contributed by atoms with van der Waals surface area (Å²) in [5.74, 6) is -2.16. The van der Waals surface area contributed by atoms with Gasteiger partial charge in [0.1, 0.15) is 10.8 Å². The lowest BCUT2D eigenvalue weighted by molar-refractivity contribution is 0.0692. The zero-order valence-corrected chi connectivity index (χ0v) is 10.9. The van der Waals surface area contributed by atoms with E-state index in [9.17, 15) is 9.18 Å². The van der Waals surface area contributed by atoms with Gasteiger partial charge < -0.3 is 16.2 Å². The summed E-state index contributed by atoms with van der Waals surface area (Å²) >= 11 is 1.48. The van der Waals surface area contributed by atoms with Gasteiger partial charge in [0.2, 0.25) is 0 Å². The number of hydrogen-bond donors (Lipinski definition) is 3. The molecule has 0 saturated heterocycles. The second-order valence-electron chi connectivity index (χ2n) is 3.96. The van der Waals surface area contributed by atoms with Crippen molar-refractivity contribution < 1.29 is 14.3 Å². The third-order valence-electron chi connectivity index (χ3n) is 2.47. The molecule has 0 unspecified atom stereocenters. The van der Waals surface area contributed by atoms with Crippen molar-refractivity contribution in [1.82, 2.24) is 4.98 Å². The van der Waals surface area contributed by atoms with E-state index in [0.717, 1.165) is 22.8 Å². The van der Waals surface area contributed by atoms with E-state index >= 15 is 0 Å². The van der Waals surface area contributed by atoms with Crippen LogP contribution in [0, 0.1) is 12.7 Å². The number of nitrogens with one attached hydrogen (secondary N) is 1. The normalized spacial score (nSPS) is 10.4. The first-order valence-corrected chi connectivity index (χ1v) is 6.32. The highest BCUT2D eigenvalue weighted by molar-refractivity contribution is 7.09. The second kappa shape index (κ2) is 5.23. The van der Waals surface area contributed by atoms with E-state index in [1.54, 1.807) is 0 Å². The van der Waals surface area contributed by atoms with Gasteiger partial charge in [-0.2, -0.15) is 0 Å². The van der Waals surface area contributed by atoms with Gasteiger partial charge in [-0.1, -0.05) is 0 Å². The minimum absolute atomic E-state index is 0.187. The molecule has 100 valence electrons. The van der Waals surface area contributed by atoms with Crippen LogP contribution in [-0.2, 0) is 6.54 Å².